The van der Waals surface area contributed by atoms with Crippen LogP contribution in [0.2, 0.25) is 5.02 Å². The number of amides is 1. The number of aromatic amines is 1. The molecule has 1 heterocycles. The molecule has 0 aliphatic rings. The van der Waals surface area contributed by atoms with Gasteiger partial charge in [-0.25, -0.2) is 5.43 Å². The molecule has 0 atom stereocenters. The van der Waals surface area contributed by atoms with E-state index in [0.29, 0.717) is 22.1 Å². The molecule has 0 saturated heterocycles. The third-order valence-corrected chi connectivity index (χ3v) is 4.05. The summed E-state index contributed by atoms with van der Waals surface area (Å²) >= 11 is 5.88. The number of nitrogens with one attached hydrogen (secondary N) is 2. The van der Waals surface area contributed by atoms with Crippen LogP contribution in [0.25, 0.3) is 11.3 Å². The summed E-state index contributed by atoms with van der Waals surface area (Å²) in [5, 5.41) is 11.6. The Morgan fingerprint density at radius 3 is 2.50 bits per heavy atom. The first-order valence-corrected chi connectivity index (χ1v) is 8.25. The van der Waals surface area contributed by atoms with Crippen molar-refractivity contribution in [2.45, 2.75) is 6.92 Å². The summed E-state index contributed by atoms with van der Waals surface area (Å²) in [5.41, 5.74) is 5.93. The SMILES string of the molecule is COc1ccc(/C(C)=N\NC(=O)c2cc(-c3ccc(Cl)cc3)n[nH]2)cc1. The lowest BCUT2D eigenvalue weighted by atomic mass is 10.1. The Morgan fingerprint density at radius 2 is 1.85 bits per heavy atom. The van der Waals surface area contributed by atoms with Gasteiger partial charge in [0.15, 0.2) is 0 Å². The van der Waals surface area contributed by atoms with Crippen molar-refractivity contribution < 1.29 is 9.53 Å². The number of hydrazone groups is 1. The molecule has 26 heavy (non-hydrogen) atoms. The molecule has 0 aliphatic carbocycles. The highest BCUT2D eigenvalue weighted by Crippen LogP contribution is 2.20. The highest BCUT2D eigenvalue weighted by atomic mass is 35.5. The fraction of sp³-hybridized carbons (Fsp3) is 0.105. The number of hydrogen-bond donors (Lipinski definition) is 2. The number of methoxy groups -OCH3 is 1. The van der Waals surface area contributed by atoms with E-state index in [9.17, 15) is 4.79 Å². The van der Waals surface area contributed by atoms with Crippen LogP contribution < -0.4 is 10.2 Å². The number of benzene rings is 2. The van der Waals surface area contributed by atoms with Crippen LogP contribution in [0, 0.1) is 0 Å². The highest BCUT2D eigenvalue weighted by molar-refractivity contribution is 6.30. The van der Waals surface area contributed by atoms with E-state index >= 15 is 0 Å². The molecule has 0 radical (unpaired) electrons. The predicted octanol–water partition coefficient (Wildman–Crippen LogP) is 3.89. The number of H-pyrrole nitrogens is 1. The van der Waals surface area contributed by atoms with Gasteiger partial charge in [0.1, 0.15) is 11.4 Å². The molecule has 2 aromatic carbocycles. The number of nitrogens with zero attached hydrogens (tertiary/aromatic N) is 2. The van der Waals surface area contributed by atoms with Crippen molar-refractivity contribution in [2.24, 2.45) is 5.10 Å². The van der Waals surface area contributed by atoms with E-state index in [1.165, 1.54) is 0 Å². The molecule has 1 amide bonds. The molecule has 0 fully saturated rings. The van der Waals surface area contributed by atoms with Crippen molar-refractivity contribution in [3.8, 4) is 17.0 Å². The smallest absolute Gasteiger partial charge is 0.289 e. The number of carbonyl (C=O) groups is 1. The van der Waals surface area contributed by atoms with Crippen LogP contribution >= 0.6 is 11.6 Å². The van der Waals surface area contributed by atoms with Crippen LogP contribution in [0.5, 0.6) is 5.75 Å². The minimum Gasteiger partial charge on any atom is -0.497 e. The van der Waals surface area contributed by atoms with Crippen molar-refractivity contribution >= 4 is 23.2 Å². The van der Waals surface area contributed by atoms with Crippen LogP contribution in [-0.4, -0.2) is 28.9 Å². The van der Waals surface area contributed by atoms with Crippen molar-refractivity contribution in [2.75, 3.05) is 7.11 Å². The number of carbonyl (C=O) groups excluding carboxylic acids is 1. The van der Waals surface area contributed by atoms with E-state index < -0.39 is 0 Å². The average molecular weight is 369 g/mol. The van der Waals surface area contributed by atoms with Crippen molar-refractivity contribution in [3.05, 3.63) is 70.9 Å². The minimum atomic E-state index is -0.370. The van der Waals surface area contributed by atoms with Gasteiger partial charge in [0.25, 0.3) is 5.91 Å². The quantitative estimate of drug-likeness (QED) is 0.529. The van der Waals surface area contributed by atoms with Gasteiger partial charge < -0.3 is 4.74 Å². The summed E-state index contributed by atoms with van der Waals surface area (Å²) in [5.74, 6) is 0.392. The maximum Gasteiger partial charge on any atom is 0.289 e. The molecule has 0 unspecified atom stereocenters. The molecule has 7 heteroatoms. The normalized spacial score (nSPS) is 11.3. The zero-order chi connectivity index (χ0) is 18.5. The van der Waals surface area contributed by atoms with E-state index in [1.807, 2.05) is 43.3 Å². The molecule has 1 aromatic heterocycles. The van der Waals surface area contributed by atoms with E-state index in [1.54, 1.807) is 25.3 Å². The van der Waals surface area contributed by atoms with E-state index in [0.717, 1.165) is 16.9 Å². The number of ether oxygens (including phenoxy) is 1. The summed E-state index contributed by atoms with van der Waals surface area (Å²) in [6.07, 6.45) is 0. The molecule has 132 valence electrons. The summed E-state index contributed by atoms with van der Waals surface area (Å²) < 4.78 is 5.12. The fourth-order valence-electron chi connectivity index (χ4n) is 2.30. The summed E-state index contributed by atoms with van der Waals surface area (Å²) in [7, 11) is 1.61. The first-order chi connectivity index (χ1) is 12.6. The molecular weight excluding hydrogens is 352 g/mol. The minimum absolute atomic E-state index is 0.321. The molecule has 0 spiro atoms. The Bertz CT molecular complexity index is 931. The summed E-state index contributed by atoms with van der Waals surface area (Å²) in [6.45, 7) is 1.81. The van der Waals surface area contributed by atoms with Crippen LogP contribution in [0.3, 0.4) is 0 Å². The lowest BCUT2D eigenvalue weighted by Crippen LogP contribution is -2.19. The number of hydrogen-bond acceptors (Lipinski definition) is 4. The Hall–Kier alpha value is -3.12. The molecule has 0 saturated carbocycles. The molecule has 0 bridgehead atoms. The second-order valence-electron chi connectivity index (χ2n) is 5.54. The Labute approximate surface area is 155 Å². The largest absolute Gasteiger partial charge is 0.497 e. The van der Waals surface area contributed by atoms with E-state index in [2.05, 4.69) is 20.7 Å². The zero-order valence-corrected chi connectivity index (χ0v) is 15.0. The standard InChI is InChI=1S/C19H17ClN4O2/c1-12(13-5-9-16(26-2)10-6-13)21-24-19(25)18-11-17(22-23-18)14-3-7-15(20)8-4-14/h3-11H,1-2H3,(H,22,23)(H,24,25)/b21-12-. The van der Waals surface area contributed by atoms with Gasteiger partial charge in [-0.3, -0.25) is 9.89 Å². The van der Waals surface area contributed by atoms with Gasteiger partial charge in [-0.1, -0.05) is 23.7 Å². The average Bonchev–Trinajstić information content (AvgIpc) is 3.16. The van der Waals surface area contributed by atoms with E-state index in [4.69, 9.17) is 16.3 Å². The van der Waals surface area contributed by atoms with Gasteiger partial charge >= 0.3 is 0 Å². The second-order valence-corrected chi connectivity index (χ2v) is 5.98. The van der Waals surface area contributed by atoms with Crippen LogP contribution in [0.4, 0.5) is 0 Å². The van der Waals surface area contributed by atoms with Gasteiger partial charge in [-0.2, -0.15) is 10.2 Å². The molecule has 6 nitrogen and oxygen atoms in total. The molecule has 2 N–H and O–H groups in total. The van der Waals surface area contributed by atoms with Gasteiger partial charge in [0.05, 0.1) is 18.5 Å². The van der Waals surface area contributed by atoms with Gasteiger partial charge in [-0.05, 0) is 55.0 Å². The maximum atomic E-state index is 12.2. The van der Waals surface area contributed by atoms with Gasteiger partial charge in [-0.15, -0.1) is 0 Å². The van der Waals surface area contributed by atoms with Gasteiger partial charge in [0, 0.05) is 10.6 Å². The Balaban J connectivity index is 1.68. The molecule has 0 aliphatic heterocycles. The second kappa shape index (κ2) is 7.84. The van der Waals surface area contributed by atoms with Crippen molar-refractivity contribution in [1.29, 1.82) is 0 Å². The predicted molar refractivity (Wildman–Crippen MR) is 102 cm³/mol. The number of halogens is 1. The first kappa shape index (κ1) is 17.7. The van der Waals surface area contributed by atoms with Crippen molar-refractivity contribution in [1.82, 2.24) is 15.6 Å². The first-order valence-electron chi connectivity index (χ1n) is 7.87. The Kier molecular flexibility index (Phi) is 5.34. The monoisotopic (exact) mass is 368 g/mol. The Morgan fingerprint density at radius 1 is 1.15 bits per heavy atom. The fourth-order valence-corrected chi connectivity index (χ4v) is 2.42. The van der Waals surface area contributed by atoms with Crippen LogP contribution in [0.1, 0.15) is 23.0 Å². The van der Waals surface area contributed by atoms with Crippen LogP contribution in [-0.2, 0) is 0 Å². The van der Waals surface area contributed by atoms with Crippen LogP contribution in [0.15, 0.2) is 59.7 Å². The zero-order valence-electron chi connectivity index (χ0n) is 14.3. The lowest BCUT2D eigenvalue weighted by Gasteiger charge is -2.03. The third-order valence-electron chi connectivity index (χ3n) is 3.80. The lowest BCUT2D eigenvalue weighted by molar-refractivity contribution is 0.0950. The third kappa shape index (κ3) is 4.10. The summed E-state index contributed by atoms with van der Waals surface area (Å²) in [6, 6.07) is 16.3. The molecule has 3 rings (SSSR count). The van der Waals surface area contributed by atoms with Gasteiger partial charge in [0.2, 0.25) is 0 Å². The molecular formula is C19H17ClN4O2. The molecule has 3 aromatic rings. The number of aromatic nitrogens is 2. The van der Waals surface area contributed by atoms with Crippen molar-refractivity contribution in [3.63, 3.8) is 0 Å². The van der Waals surface area contributed by atoms with E-state index in [-0.39, 0.29) is 5.91 Å². The summed E-state index contributed by atoms with van der Waals surface area (Å²) in [4.78, 5) is 12.2. The topological polar surface area (TPSA) is 79.4 Å². The number of rotatable bonds is 5. The maximum absolute atomic E-state index is 12.2. The highest BCUT2D eigenvalue weighted by Gasteiger charge is 2.11.